The summed E-state index contributed by atoms with van der Waals surface area (Å²) in [5.41, 5.74) is 6.21. The predicted molar refractivity (Wildman–Crippen MR) is 59.5 cm³/mol. The Hall–Kier alpha value is -0.570. The lowest BCUT2D eigenvalue weighted by Gasteiger charge is -2.17. The highest BCUT2D eigenvalue weighted by Gasteiger charge is 2.21. The molecular weight excluding hydrogens is 196 g/mol. The van der Waals surface area contributed by atoms with E-state index >= 15 is 0 Å². The summed E-state index contributed by atoms with van der Waals surface area (Å²) in [5.74, 6) is 0. The zero-order chi connectivity index (χ0) is 10.1. The Morgan fingerprint density at radius 3 is 2.71 bits per heavy atom. The van der Waals surface area contributed by atoms with Gasteiger partial charge in [-0.1, -0.05) is 17.7 Å². The van der Waals surface area contributed by atoms with Crippen LogP contribution >= 0.6 is 11.6 Å². The molecule has 1 unspecified atom stereocenters. The summed E-state index contributed by atoms with van der Waals surface area (Å²) in [6, 6.07) is 6.71. The van der Waals surface area contributed by atoms with Gasteiger partial charge in [0.1, 0.15) is 0 Å². The number of nitrogens with zero attached hydrogens (tertiary/aromatic N) is 1. The van der Waals surface area contributed by atoms with Crippen molar-refractivity contribution in [3.63, 3.8) is 0 Å². The Labute approximate surface area is 89.8 Å². The van der Waals surface area contributed by atoms with Crippen LogP contribution in [0.1, 0.15) is 11.1 Å². The van der Waals surface area contributed by atoms with Crippen molar-refractivity contribution in [1.82, 2.24) is 10.4 Å². The normalized spacial score (nSPS) is 20.1. The fraction of sp³-hybridized carbons (Fsp3) is 0.455. The van der Waals surface area contributed by atoms with Crippen LogP contribution in [0.5, 0.6) is 0 Å². The minimum Gasteiger partial charge on any atom is -0.252 e. The highest BCUT2D eigenvalue weighted by Crippen LogP contribution is 2.25. The van der Waals surface area contributed by atoms with Crippen molar-refractivity contribution in [2.45, 2.75) is 18.9 Å². The van der Waals surface area contributed by atoms with Gasteiger partial charge in [-0.15, -0.1) is 0 Å². The lowest BCUT2D eigenvalue weighted by atomic mass is 10.1. The summed E-state index contributed by atoms with van der Waals surface area (Å²) in [4.78, 5) is 0. The van der Waals surface area contributed by atoms with Gasteiger partial charge in [-0.2, -0.15) is 0 Å². The van der Waals surface area contributed by atoms with Crippen molar-refractivity contribution in [1.29, 1.82) is 0 Å². The number of hydrogen-bond donors (Lipinski definition) is 1. The molecule has 0 saturated heterocycles. The third-order valence-corrected chi connectivity index (χ3v) is 2.78. The fourth-order valence-corrected chi connectivity index (χ4v) is 2.24. The van der Waals surface area contributed by atoms with E-state index in [2.05, 4.69) is 17.6 Å². The van der Waals surface area contributed by atoms with Crippen LogP contribution in [0.3, 0.4) is 0 Å². The van der Waals surface area contributed by atoms with E-state index in [1.807, 2.05) is 25.2 Å². The van der Waals surface area contributed by atoms with Crippen LogP contribution in [0.4, 0.5) is 0 Å². The maximum Gasteiger partial charge on any atom is 0.0408 e. The number of hydrazine groups is 1. The van der Waals surface area contributed by atoms with E-state index in [9.17, 15) is 0 Å². The molecule has 1 atom stereocenters. The minimum absolute atomic E-state index is 0.526. The van der Waals surface area contributed by atoms with Gasteiger partial charge >= 0.3 is 0 Å². The standard InChI is InChI=1S/C11H15ClN2/c1-14(2)13-11-6-8-3-4-10(12)5-9(8)7-11/h3-5,11,13H,6-7H2,1-2H3. The molecule has 0 heterocycles. The molecule has 0 bridgehead atoms. The Kier molecular flexibility index (Phi) is 2.77. The Bertz CT molecular complexity index is 336. The summed E-state index contributed by atoms with van der Waals surface area (Å²) in [6.07, 6.45) is 2.18. The van der Waals surface area contributed by atoms with Gasteiger partial charge in [-0.25, -0.2) is 0 Å². The summed E-state index contributed by atoms with van der Waals surface area (Å²) in [6.45, 7) is 0. The van der Waals surface area contributed by atoms with Crippen molar-refractivity contribution >= 4 is 11.6 Å². The molecule has 0 saturated carbocycles. The molecule has 1 aromatic carbocycles. The summed E-state index contributed by atoms with van der Waals surface area (Å²) in [7, 11) is 4.05. The molecule has 0 fully saturated rings. The molecule has 76 valence electrons. The van der Waals surface area contributed by atoms with Crippen molar-refractivity contribution in [2.75, 3.05) is 14.1 Å². The summed E-state index contributed by atoms with van der Waals surface area (Å²) < 4.78 is 0. The molecule has 1 aliphatic carbocycles. The zero-order valence-electron chi connectivity index (χ0n) is 8.55. The van der Waals surface area contributed by atoms with Crippen molar-refractivity contribution < 1.29 is 0 Å². The van der Waals surface area contributed by atoms with Crippen LogP contribution in [-0.2, 0) is 12.8 Å². The Morgan fingerprint density at radius 2 is 2.00 bits per heavy atom. The van der Waals surface area contributed by atoms with Crippen LogP contribution in [0.15, 0.2) is 18.2 Å². The van der Waals surface area contributed by atoms with Crippen molar-refractivity contribution in [3.8, 4) is 0 Å². The number of hydrogen-bond acceptors (Lipinski definition) is 2. The lowest BCUT2D eigenvalue weighted by Crippen LogP contribution is -2.40. The number of nitrogens with one attached hydrogen (secondary N) is 1. The third kappa shape index (κ3) is 2.08. The molecular formula is C11H15ClN2. The number of rotatable bonds is 2. The maximum absolute atomic E-state index is 5.95. The molecule has 0 spiro atoms. The highest BCUT2D eigenvalue weighted by atomic mass is 35.5. The largest absolute Gasteiger partial charge is 0.252 e. The van der Waals surface area contributed by atoms with Crippen LogP contribution < -0.4 is 5.43 Å². The number of halogens is 1. The first kappa shape index (κ1) is 9.97. The van der Waals surface area contributed by atoms with E-state index < -0.39 is 0 Å². The minimum atomic E-state index is 0.526. The van der Waals surface area contributed by atoms with Gasteiger partial charge in [0.15, 0.2) is 0 Å². The first-order valence-corrected chi connectivity index (χ1v) is 5.24. The van der Waals surface area contributed by atoms with E-state index in [4.69, 9.17) is 11.6 Å². The van der Waals surface area contributed by atoms with Crippen LogP contribution in [0.2, 0.25) is 5.02 Å². The van der Waals surface area contributed by atoms with Crippen LogP contribution in [0, 0.1) is 0 Å². The second kappa shape index (κ2) is 3.89. The monoisotopic (exact) mass is 210 g/mol. The zero-order valence-corrected chi connectivity index (χ0v) is 9.30. The van der Waals surface area contributed by atoms with E-state index in [0.29, 0.717) is 6.04 Å². The molecule has 1 aromatic rings. The second-order valence-corrected chi connectivity index (χ2v) is 4.48. The van der Waals surface area contributed by atoms with E-state index in [-0.39, 0.29) is 0 Å². The molecule has 3 heteroatoms. The SMILES string of the molecule is CN(C)NC1Cc2ccc(Cl)cc2C1. The average molecular weight is 211 g/mol. The molecule has 0 radical (unpaired) electrons. The average Bonchev–Trinajstić information content (AvgIpc) is 2.44. The van der Waals surface area contributed by atoms with Crippen molar-refractivity contribution in [3.05, 3.63) is 34.3 Å². The predicted octanol–water partition coefficient (Wildman–Crippen LogP) is 1.87. The van der Waals surface area contributed by atoms with Gasteiger partial charge in [0.25, 0.3) is 0 Å². The van der Waals surface area contributed by atoms with Crippen LogP contribution in [0.25, 0.3) is 0 Å². The van der Waals surface area contributed by atoms with Gasteiger partial charge in [0.2, 0.25) is 0 Å². The first-order chi connectivity index (χ1) is 6.65. The summed E-state index contributed by atoms with van der Waals surface area (Å²) >= 11 is 5.95. The smallest absolute Gasteiger partial charge is 0.0408 e. The first-order valence-electron chi connectivity index (χ1n) is 4.86. The lowest BCUT2D eigenvalue weighted by molar-refractivity contribution is 0.245. The van der Waals surface area contributed by atoms with E-state index in [1.165, 1.54) is 11.1 Å². The molecule has 1 N–H and O–H groups in total. The molecule has 2 nitrogen and oxygen atoms in total. The van der Waals surface area contributed by atoms with Gasteiger partial charge in [-0.05, 0) is 36.1 Å². The molecule has 1 aliphatic rings. The van der Waals surface area contributed by atoms with Crippen molar-refractivity contribution in [2.24, 2.45) is 0 Å². The van der Waals surface area contributed by atoms with Gasteiger partial charge < -0.3 is 0 Å². The molecule has 2 rings (SSSR count). The van der Waals surface area contributed by atoms with Gasteiger partial charge in [0.05, 0.1) is 0 Å². The molecule has 14 heavy (non-hydrogen) atoms. The molecule has 0 aromatic heterocycles. The Morgan fingerprint density at radius 1 is 1.29 bits per heavy atom. The van der Waals surface area contributed by atoms with Gasteiger partial charge in [-0.3, -0.25) is 10.4 Å². The number of fused-ring (bicyclic) bond motifs is 1. The molecule has 0 aliphatic heterocycles. The second-order valence-electron chi connectivity index (χ2n) is 4.04. The van der Waals surface area contributed by atoms with E-state index in [0.717, 1.165) is 17.9 Å². The van der Waals surface area contributed by atoms with Gasteiger partial charge in [0, 0.05) is 25.2 Å². The highest BCUT2D eigenvalue weighted by molar-refractivity contribution is 6.30. The van der Waals surface area contributed by atoms with Crippen LogP contribution in [-0.4, -0.2) is 25.1 Å². The fourth-order valence-electron chi connectivity index (χ4n) is 2.04. The topological polar surface area (TPSA) is 15.3 Å². The third-order valence-electron chi connectivity index (χ3n) is 2.54. The van der Waals surface area contributed by atoms with E-state index in [1.54, 1.807) is 0 Å². The summed E-state index contributed by atoms with van der Waals surface area (Å²) in [5, 5.41) is 2.85. The maximum atomic E-state index is 5.95. The Balaban J connectivity index is 2.10. The molecule has 0 amide bonds. The number of benzene rings is 1. The quantitative estimate of drug-likeness (QED) is 0.750.